The molecule has 0 radical (unpaired) electrons. The van der Waals surface area contributed by atoms with Crippen molar-refractivity contribution in [1.29, 1.82) is 0 Å². The van der Waals surface area contributed by atoms with Gasteiger partial charge in [-0.3, -0.25) is 10.1 Å². The van der Waals surface area contributed by atoms with Gasteiger partial charge in [0.05, 0.1) is 4.92 Å². The average Bonchev–Trinajstić information content (AvgIpc) is 2.82. The number of nitro groups is 1. The fourth-order valence-electron chi connectivity index (χ4n) is 3.09. The molecule has 0 unspecified atom stereocenters. The van der Waals surface area contributed by atoms with Gasteiger partial charge in [-0.2, -0.15) is 5.10 Å². The van der Waals surface area contributed by atoms with Crippen molar-refractivity contribution < 1.29 is 4.92 Å². The van der Waals surface area contributed by atoms with Crippen molar-refractivity contribution in [3.63, 3.8) is 0 Å². The van der Waals surface area contributed by atoms with Crippen LogP contribution in [0.15, 0.2) is 0 Å². The maximum atomic E-state index is 11.3. The predicted molar refractivity (Wildman–Crippen MR) is 82.8 cm³/mol. The minimum atomic E-state index is -0.295. The molecule has 1 aliphatic rings. The van der Waals surface area contributed by atoms with Crippen LogP contribution in [-0.2, 0) is 6.54 Å². The van der Waals surface area contributed by atoms with Crippen LogP contribution in [-0.4, -0.2) is 41.4 Å². The van der Waals surface area contributed by atoms with Gasteiger partial charge in [0.25, 0.3) is 0 Å². The van der Waals surface area contributed by atoms with E-state index in [1.54, 1.807) is 11.6 Å². The second-order valence-corrected chi connectivity index (χ2v) is 5.65. The van der Waals surface area contributed by atoms with Crippen LogP contribution in [0, 0.1) is 23.0 Å². The number of anilines is 1. The molecule has 0 atom stereocenters. The first-order valence-electron chi connectivity index (χ1n) is 7.69. The fourth-order valence-corrected chi connectivity index (χ4v) is 3.09. The van der Waals surface area contributed by atoms with Crippen LogP contribution in [0.25, 0.3) is 0 Å². The van der Waals surface area contributed by atoms with Crippen LogP contribution in [0.2, 0.25) is 0 Å². The zero-order valence-corrected chi connectivity index (χ0v) is 13.1. The molecule has 21 heavy (non-hydrogen) atoms. The van der Waals surface area contributed by atoms with Crippen LogP contribution in [0.3, 0.4) is 0 Å². The zero-order valence-electron chi connectivity index (χ0n) is 13.1. The maximum Gasteiger partial charge on any atom is 0.333 e. The Balaban J connectivity index is 2.14. The highest BCUT2D eigenvalue weighted by atomic mass is 16.6. The molecule has 0 amide bonds. The summed E-state index contributed by atoms with van der Waals surface area (Å²) < 4.78 is 1.77. The summed E-state index contributed by atoms with van der Waals surface area (Å²) in [6.07, 6.45) is 3.36. The Morgan fingerprint density at radius 1 is 1.43 bits per heavy atom. The van der Waals surface area contributed by atoms with Gasteiger partial charge in [-0.25, -0.2) is 4.68 Å². The number of nitrogens with one attached hydrogen (secondary N) is 1. The average molecular weight is 295 g/mol. The lowest BCUT2D eigenvalue weighted by Gasteiger charge is -2.33. The van der Waals surface area contributed by atoms with Gasteiger partial charge < -0.3 is 10.2 Å². The van der Waals surface area contributed by atoms with E-state index in [1.807, 2.05) is 14.0 Å². The van der Waals surface area contributed by atoms with Crippen molar-refractivity contribution in [1.82, 2.24) is 15.1 Å². The Morgan fingerprint density at radius 3 is 2.62 bits per heavy atom. The Kier molecular flexibility index (Phi) is 5.17. The quantitative estimate of drug-likeness (QED) is 0.641. The number of piperidine rings is 1. The molecule has 2 heterocycles. The van der Waals surface area contributed by atoms with E-state index in [0.717, 1.165) is 32.5 Å². The second kappa shape index (κ2) is 6.89. The summed E-state index contributed by atoms with van der Waals surface area (Å²) >= 11 is 0. The lowest BCUT2D eigenvalue weighted by molar-refractivity contribution is -0.384. The lowest BCUT2D eigenvalue weighted by Crippen LogP contribution is -2.36. The van der Waals surface area contributed by atoms with Gasteiger partial charge in [0.1, 0.15) is 5.69 Å². The van der Waals surface area contributed by atoms with Crippen LogP contribution in [0.5, 0.6) is 0 Å². The van der Waals surface area contributed by atoms with Crippen LogP contribution >= 0.6 is 0 Å². The highest BCUT2D eigenvalue weighted by molar-refractivity contribution is 5.61. The summed E-state index contributed by atoms with van der Waals surface area (Å²) in [5, 5.41) is 18.8. The van der Waals surface area contributed by atoms with Crippen molar-refractivity contribution in [3.05, 3.63) is 15.8 Å². The minimum Gasteiger partial charge on any atom is -0.351 e. The van der Waals surface area contributed by atoms with E-state index >= 15 is 0 Å². The number of hydrogen-bond donors (Lipinski definition) is 1. The molecule has 0 aliphatic carbocycles. The molecule has 1 N–H and O–H groups in total. The van der Waals surface area contributed by atoms with Crippen molar-refractivity contribution in [3.8, 4) is 0 Å². The van der Waals surface area contributed by atoms with E-state index in [2.05, 4.69) is 15.3 Å². The summed E-state index contributed by atoms with van der Waals surface area (Å²) in [6.45, 7) is 7.13. The van der Waals surface area contributed by atoms with Crippen LogP contribution in [0.1, 0.15) is 31.9 Å². The van der Waals surface area contributed by atoms with E-state index < -0.39 is 0 Å². The van der Waals surface area contributed by atoms with Gasteiger partial charge in [0.15, 0.2) is 0 Å². The lowest BCUT2D eigenvalue weighted by atomic mass is 9.93. The largest absolute Gasteiger partial charge is 0.351 e. The number of nitrogens with zero attached hydrogens (tertiary/aromatic N) is 4. The monoisotopic (exact) mass is 295 g/mol. The molecule has 0 spiro atoms. The topological polar surface area (TPSA) is 76.2 Å². The highest BCUT2D eigenvalue weighted by Gasteiger charge is 2.31. The number of hydrogen-bond acceptors (Lipinski definition) is 5. The first kappa shape index (κ1) is 15.8. The molecule has 7 nitrogen and oxygen atoms in total. The minimum absolute atomic E-state index is 0.172. The zero-order chi connectivity index (χ0) is 15.4. The van der Waals surface area contributed by atoms with Gasteiger partial charge >= 0.3 is 5.69 Å². The summed E-state index contributed by atoms with van der Waals surface area (Å²) in [7, 11) is 1.97. The molecule has 1 fully saturated rings. The van der Waals surface area contributed by atoms with Gasteiger partial charge in [-0.05, 0) is 52.6 Å². The smallest absolute Gasteiger partial charge is 0.333 e. The molecule has 0 saturated carbocycles. The number of aryl methyl sites for hydroxylation is 2. The predicted octanol–water partition coefficient (Wildman–Crippen LogP) is 1.95. The molecule has 1 aromatic heterocycles. The normalized spacial score (nSPS) is 16.4. The number of aromatic nitrogens is 2. The van der Waals surface area contributed by atoms with E-state index in [-0.39, 0.29) is 10.6 Å². The fraction of sp³-hybridized carbons (Fsp3) is 0.786. The van der Waals surface area contributed by atoms with Crippen molar-refractivity contribution in [2.45, 2.75) is 39.7 Å². The molecular formula is C14H25N5O2. The first-order chi connectivity index (χ1) is 10.1. The Bertz CT molecular complexity index is 492. The highest BCUT2D eigenvalue weighted by Crippen LogP contribution is 2.34. The molecule has 7 heteroatoms. The summed E-state index contributed by atoms with van der Waals surface area (Å²) in [5.74, 6) is 1.40. The molecule has 1 aromatic rings. The summed E-state index contributed by atoms with van der Waals surface area (Å²) in [6, 6.07) is 0. The Morgan fingerprint density at radius 2 is 2.10 bits per heavy atom. The van der Waals surface area contributed by atoms with Crippen LogP contribution < -0.4 is 10.2 Å². The second-order valence-electron chi connectivity index (χ2n) is 5.65. The standard InChI is InChI=1S/C14H25N5O2/c1-4-18-14(13(19(20)21)11(2)16-18)17-9-6-12(7-10-17)5-8-15-3/h12,15H,4-10H2,1-3H3. The van der Waals surface area contributed by atoms with E-state index in [4.69, 9.17) is 0 Å². The van der Waals surface area contributed by atoms with E-state index in [1.165, 1.54) is 6.42 Å². The summed E-state index contributed by atoms with van der Waals surface area (Å²) in [4.78, 5) is 13.2. The molecule has 2 rings (SSSR count). The van der Waals surface area contributed by atoms with E-state index in [9.17, 15) is 10.1 Å². The van der Waals surface area contributed by atoms with E-state index in [0.29, 0.717) is 24.0 Å². The van der Waals surface area contributed by atoms with Crippen molar-refractivity contribution in [2.75, 3.05) is 31.6 Å². The van der Waals surface area contributed by atoms with Gasteiger partial charge in [-0.1, -0.05) is 0 Å². The van der Waals surface area contributed by atoms with Crippen LogP contribution in [0.4, 0.5) is 11.5 Å². The maximum absolute atomic E-state index is 11.3. The third kappa shape index (κ3) is 3.34. The molecule has 118 valence electrons. The van der Waals surface area contributed by atoms with Gasteiger partial charge in [-0.15, -0.1) is 0 Å². The Labute approximate surface area is 125 Å². The third-order valence-electron chi connectivity index (χ3n) is 4.27. The van der Waals surface area contributed by atoms with Gasteiger partial charge in [0.2, 0.25) is 5.82 Å². The first-order valence-corrected chi connectivity index (χ1v) is 7.69. The van der Waals surface area contributed by atoms with Gasteiger partial charge in [0, 0.05) is 19.6 Å². The SMILES string of the molecule is CCn1nc(C)c([N+](=O)[O-])c1N1CCC(CCNC)CC1. The van der Waals surface area contributed by atoms with Crippen molar-refractivity contribution >= 4 is 11.5 Å². The Hall–Kier alpha value is -1.63. The molecule has 0 bridgehead atoms. The molecular weight excluding hydrogens is 270 g/mol. The molecule has 1 aliphatic heterocycles. The summed E-state index contributed by atoms with van der Waals surface area (Å²) in [5.41, 5.74) is 0.680. The third-order valence-corrected chi connectivity index (χ3v) is 4.27. The molecule has 0 aromatic carbocycles. The van der Waals surface area contributed by atoms with Crippen molar-refractivity contribution in [2.24, 2.45) is 5.92 Å². The number of rotatable bonds is 6. The molecule has 1 saturated heterocycles.